The average Bonchev–Trinajstić information content (AvgIpc) is 2.69. The maximum Gasteiger partial charge on any atom is 0.154 e. The van der Waals surface area contributed by atoms with Crippen LogP contribution in [0.3, 0.4) is 0 Å². The molecule has 2 aromatic rings. The molecule has 0 atom stereocenters. The minimum atomic E-state index is 0.487. The third-order valence-electron chi connectivity index (χ3n) is 2.50. The molecular formula is C13H16N4. The van der Waals surface area contributed by atoms with E-state index >= 15 is 0 Å². The van der Waals surface area contributed by atoms with E-state index in [2.05, 4.69) is 27.4 Å². The van der Waals surface area contributed by atoms with Crippen molar-refractivity contribution in [3.05, 3.63) is 47.4 Å². The Balaban J connectivity index is 2.11. The first kappa shape index (κ1) is 11.4. The summed E-state index contributed by atoms with van der Waals surface area (Å²) in [5.41, 5.74) is 2.45. The molecule has 17 heavy (non-hydrogen) atoms. The quantitative estimate of drug-likeness (QED) is 0.704. The van der Waals surface area contributed by atoms with E-state index in [0.717, 1.165) is 17.3 Å². The zero-order valence-electron chi connectivity index (χ0n) is 10.0. The lowest BCUT2D eigenvalue weighted by molar-refractivity contribution is 1.10. The molecule has 1 heterocycles. The minimum Gasteiger partial charge on any atom is -0.364 e. The lowest BCUT2D eigenvalue weighted by Gasteiger charge is -2.05. The third-order valence-corrected chi connectivity index (χ3v) is 2.50. The van der Waals surface area contributed by atoms with Gasteiger partial charge in [0.15, 0.2) is 5.82 Å². The topological polar surface area (TPSA) is 64.6 Å². The Morgan fingerprint density at radius 2 is 2.06 bits per heavy atom. The van der Waals surface area contributed by atoms with Crippen LogP contribution in [0.2, 0.25) is 0 Å². The predicted octanol–water partition coefficient (Wildman–Crippen LogP) is 2.72. The number of hydrogen-bond donors (Lipinski definition) is 3. The van der Waals surface area contributed by atoms with Crippen LogP contribution >= 0.6 is 0 Å². The van der Waals surface area contributed by atoms with Gasteiger partial charge in [-0.2, -0.15) is 0 Å². The lowest BCUT2D eigenvalue weighted by atomic mass is 10.2. The fraction of sp³-hybridized carbons (Fsp3) is 0.231. The van der Waals surface area contributed by atoms with Crippen molar-refractivity contribution >= 4 is 11.5 Å². The van der Waals surface area contributed by atoms with E-state index in [0.29, 0.717) is 12.3 Å². The number of imidazole rings is 1. The van der Waals surface area contributed by atoms with Crippen molar-refractivity contribution in [2.45, 2.75) is 20.4 Å². The molecule has 0 amide bonds. The molecule has 0 unspecified atom stereocenters. The first-order valence-electron chi connectivity index (χ1n) is 5.57. The van der Waals surface area contributed by atoms with E-state index in [9.17, 15) is 0 Å². The van der Waals surface area contributed by atoms with Crippen molar-refractivity contribution in [1.29, 1.82) is 5.41 Å². The smallest absolute Gasteiger partial charge is 0.154 e. The molecule has 0 spiro atoms. The molecule has 2 rings (SSSR count). The highest BCUT2D eigenvalue weighted by atomic mass is 15.1. The van der Waals surface area contributed by atoms with E-state index in [4.69, 9.17) is 5.41 Å². The minimum absolute atomic E-state index is 0.487. The number of anilines is 1. The Hall–Kier alpha value is -2.10. The Kier molecular flexibility index (Phi) is 3.23. The molecule has 0 bridgehead atoms. The molecule has 1 aromatic heterocycles. The Bertz CT molecular complexity index is 513. The maximum absolute atomic E-state index is 7.66. The molecule has 0 aliphatic carbocycles. The first-order chi connectivity index (χ1) is 8.16. The van der Waals surface area contributed by atoms with Crippen LogP contribution in [0.15, 0.2) is 30.3 Å². The molecule has 4 nitrogen and oxygen atoms in total. The summed E-state index contributed by atoms with van der Waals surface area (Å²) in [6.07, 6.45) is 0. The monoisotopic (exact) mass is 228 g/mol. The number of nitrogens with zero attached hydrogens (tertiary/aromatic N) is 1. The number of benzene rings is 1. The van der Waals surface area contributed by atoms with Crippen molar-refractivity contribution < 1.29 is 0 Å². The van der Waals surface area contributed by atoms with Crippen LogP contribution in [-0.4, -0.2) is 15.7 Å². The van der Waals surface area contributed by atoms with E-state index < -0.39 is 0 Å². The van der Waals surface area contributed by atoms with Crippen LogP contribution in [0.1, 0.15) is 24.0 Å². The predicted molar refractivity (Wildman–Crippen MR) is 69.6 cm³/mol. The molecule has 0 radical (unpaired) electrons. The number of aromatic nitrogens is 2. The number of nitrogens with one attached hydrogen (secondary N) is 3. The SMILES string of the molecule is CC(=N)c1[nH]c(C)nc1NCc1ccccc1. The largest absolute Gasteiger partial charge is 0.364 e. The van der Waals surface area contributed by atoms with Crippen molar-refractivity contribution in [3.8, 4) is 0 Å². The molecule has 0 fully saturated rings. The van der Waals surface area contributed by atoms with Gasteiger partial charge in [0.2, 0.25) is 0 Å². The van der Waals surface area contributed by atoms with Gasteiger partial charge in [-0.15, -0.1) is 0 Å². The van der Waals surface area contributed by atoms with Crippen LogP contribution in [0, 0.1) is 12.3 Å². The summed E-state index contributed by atoms with van der Waals surface area (Å²) >= 11 is 0. The molecule has 3 N–H and O–H groups in total. The summed E-state index contributed by atoms with van der Waals surface area (Å²) in [5.74, 6) is 1.57. The lowest BCUT2D eigenvalue weighted by Crippen LogP contribution is -2.04. The van der Waals surface area contributed by atoms with Gasteiger partial charge in [-0.1, -0.05) is 30.3 Å². The summed E-state index contributed by atoms with van der Waals surface area (Å²) in [5, 5.41) is 10.9. The van der Waals surface area contributed by atoms with Gasteiger partial charge in [0.25, 0.3) is 0 Å². The number of rotatable bonds is 4. The zero-order chi connectivity index (χ0) is 12.3. The Morgan fingerprint density at radius 1 is 1.35 bits per heavy atom. The molecule has 0 aliphatic rings. The van der Waals surface area contributed by atoms with E-state index in [1.807, 2.05) is 25.1 Å². The second-order valence-corrected chi connectivity index (χ2v) is 4.01. The normalized spacial score (nSPS) is 10.2. The molecule has 1 aromatic carbocycles. The maximum atomic E-state index is 7.66. The van der Waals surface area contributed by atoms with Gasteiger partial charge in [-0.3, -0.25) is 0 Å². The summed E-state index contributed by atoms with van der Waals surface area (Å²) in [6, 6.07) is 10.1. The molecule has 0 aliphatic heterocycles. The van der Waals surface area contributed by atoms with Crippen molar-refractivity contribution in [2.75, 3.05) is 5.32 Å². The number of H-pyrrole nitrogens is 1. The Morgan fingerprint density at radius 3 is 2.71 bits per heavy atom. The van der Waals surface area contributed by atoms with Gasteiger partial charge >= 0.3 is 0 Å². The van der Waals surface area contributed by atoms with Crippen molar-refractivity contribution in [3.63, 3.8) is 0 Å². The fourth-order valence-electron chi connectivity index (χ4n) is 1.67. The number of aryl methyl sites for hydroxylation is 1. The van der Waals surface area contributed by atoms with Crippen LogP contribution in [-0.2, 0) is 6.54 Å². The van der Waals surface area contributed by atoms with Gasteiger partial charge < -0.3 is 15.7 Å². The molecule has 88 valence electrons. The molecular weight excluding hydrogens is 212 g/mol. The van der Waals surface area contributed by atoms with Crippen molar-refractivity contribution in [1.82, 2.24) is 9.97 Å². The van der Waals surface area contributed by atoms with Crippen LogP contribution < -0.4 is 5.32 Å². The molecule has 0 saturated carbocycles. The highest BCUT2D eigenvalue weighted by Gasteiger charge is 2.09. The zero-order valence-corrected chi connectivity index (χ0v) is 10.0. The van der Waals surface area contributed by atoms with Crippen molar-refractivity contribution in [2.24, 2.45) is 0 Å². The summed E-state index contributed by atoms with van der Waals surface area (Å²) in [4.78, 5) is 7.42. The van der Waals surface area contributed by atoms with E-state index in [1.54, 1.807) is 6.92 Å². The highest BCUT2D eigenvalue weighted by molar-refractivity contribution is 5.98. The molecule has 4 heteroatoms. The van der Waals surface area contributed by atoms with Gasteiger partial charge in [-0.05, 0) is 19.4 Å². The third kappa shape index (κ3) is 2.72. The van der Waals surface area contributed by atoms with E-state index in [1.165, 1.54) is 5.56 Å². The van der Waals surface area contributed by atoms with Gasteiger partial charge in [0, 0.05) is 6.54 Å². The van der Waals surface area contributed by atoms with E-state index in [-0.39, 0.29) is 0 Å². The molecule has 0 saturated heterocycles. The first-order valence-corrected chi connectivity index (χ1v) is 5.57. The summed E-state index contributed by atoms with van der Waals surface area (Å²) in [7, 11) is 0. The standard InChI is InChI=1S/C13H16N4/c1-9(14)12-13(17-10(2)16-12)15-8-11-6-4-3-5-7-11/h3-7,14-15H,8H2,1-2H3,(H,16,17). The van der Waals surface area contributed by atoms with Crippen LogP contribution in [0.5, 0.6) is 0 Å². The second kappa shape index (κ2) is 4.82. The number of hydrogen-bond acceptors (Lipinski definition) is 3. The van der Waals surface area contributed by atoms with Gasteiger partial charge in [-0.25, -0.2) is 4.98 Å². The Labute approximate surface area is 101 Å². The average molecular weight is 228 g/mol. The second-order valence-electron chi connectivity index (χ2n) is 4.01. The van der Waals surface area contributed by atoms with Gasteiger partial charge in [0.05, 0.1) is 5.71 Å². The van der Waals surface area contributed by atoms with Crippen LogP contribution in [0.4, 0.5) is 5.82 Å². The summed E-state index contributed by atoms with van der Waals surface area (Å²) in [6.45, 7) is 4.35. The highest BCUT2D eigenvalue weighted by Crippen LogP contribution is 2.14. The number of aromatic amines is 1. The van der Waals surface area contributed by atoms with Gasteiger partial charge in [0.1, 0.15) is 11.5 Å². The van der Waals surface area contributed by atoms with Crippen LogP contribution in [0.25, 0.3) is 0 Å². The fourth-order valence-corrected chi connectivity index (χ4v) is 1.67. The summed E-state index contributed by atoms with van der Waals surface area (Å²) < 4.78 is 0.